The summed E-state index contributed by atoms with van der Waals surface area (Å²) in [6.07, 6.45) is 4.22. The molecule has 1 aromatic carbocycles. The summed E-state index contributed by atoms with van der Waals surface area (Å²) in [6.45, 7) is 2.56. The van der Waals surface area contributed by atoms with Crippen LogP contribution in [-0.2, 0) is 6.54 Å². The van der Waals surface area contributed by atoms with Crippen LogP contribution in [0, 0.1) is 0 Å². The summed E-state index contributed by atoms with van der Waals surface area (Å²) < 4.78 is 5.23. The summed E-state index contributed by atoms with van der Waals surface area (Å²) in [5.74, 6) is 1.62. The van der Waals surface area contributed by atoms with Crippen molar-refractivity contribution in [3.63, 3.8) is 0 Å². The second-order valence-electron chi connectivity index (χ2n) is 5.72. The molecule has 0 saturated carbocycles. The number of nitrogens with zero attached hydrogens (tertiary/aromatic N) is 2. The van der Waals surface area contributed by atoms with E-state index in [0.29, 0.717) is 18.0 Å². The van der Waals surface area contributed by atoms with Gasteiger partial charge in [-0.15, -0.1) is 0 Å². The van der Waals surface area contributed by atoms with Crippen LogP contribution in [0.1, 0.15) is 18.4 Å². The fourth-order valence-electron chi connectivity index (χ4n) is 2.79. The maximum Gasteiger partial charge on any atom is 0.319 e. The van der Waals surface area contributed by atoms with Gasteiger partial charge < -0.3 is 20.3 Å². The zero-order chi connectivity index (χ0) is 16.8. The minimum absolute atomic E-state index is 0.265. The van der Waals surface area contributed by atoms with E-state index in [1.807, 2.05) is 24.3 Å². The molecule has 1 aliphatic rings. The van der Waals surface area contributed by atoms with Gasteiger partial charge in [-0.3, -0.25) is 0 Å². The summed E-state index contributed by atoms with van der Waals surface area (Å²) in [5, 5.41) is 5.66. The van der Waals surface area contributed by atoms with Crippen LogP contribution in [0.25, 0.3) is 0 Å². The van der Waals surface area contributed by atoms with Crippen molar-refractivity contribution in [1.82, 2.24) is 10.3 Å². The Bertz CT molecular complexity index is 699. The first-order chi connectivity index (χ1) is 11.8. The van der Waals surface area contributed by atoms with Gasteiger partial charge in [0.25, 0.3) is 0 Å². The summed E-state index contributed by atoms with van der Waals surface area (Å²) in [7, 11) is 1.58. The van der Waals surface area contributed by atoms with Gasteiger partial charge in [0.2, 0.25) is 0 Å². The molecule has 2 amide bonds. The smallest absolute Gasteiger partial charge is 0.319 e. The highest BCUT2D eigenvalue weighted by Crippen LogP contribution is 2.23. The molecular weight excluding hydrogens is 304 g/mol. The van der Waals surface area contributed by atoms with Crippen LogP contribution in [-0.4, -0.2) is 31.2 Å². The number of aromatic nitrogens is 1. The van der Waals surface area contributed by atoms with E-state index in [4.69, 9.17) is 4.74 Å². The molecule has 0 spiro atoms. The average Bonchev–Trinajstić information content (AvgIpc) is 3.15. The molecule has 2 heterocycles. The number of hydrogen-bond acceptors (Lipinski definition) is 4. The summed E-state index contributed by atoms with van der Waals surface area (Å²) >= 11 is 0. The van der Waals surface area contributed by atoms with E-state index in [9.17, 15) is 4.79 Å². The number of methoxy groups -OCH3 is 1. The lowest BCUT2D eigenvalue weighted by molar-refractivity contribution is 0.251. The largest absolute Gasteiger partial charge is 0.495 e. The first kappa shape index (κ1) is 16.1. The maximum atomic E-state index is 12.1. The van der Waals surface area contributed by atoms with E-state index < -0.39 is 0 Å². The first-order valence-corrected chi connectivity index (χ1v) is 8.14. The lowest BCUT2D eigenvalue weighted by atomic mass is 10.2. The lowest BCUT2D eigenvalue weighted by Crippen LogP contribution is -2.28. The standard InChI is InChI=1S/C18H22N4O2/c1-24-16-7-3-2-6-15(16)21-18(23)20-13-14-8-9-19-17(12-14)22-10-4-5-11-22/h2-3,6-9,12H,4-5,10-11,13H2,1H3,(H2,20,21,23). The molecule has 0 unspecified atom stereocenters. The highest BCUT2D eigenvalue weighted by Gasteiger charge is 2.13. The van der Waals surface area contributed by atoms with Crippen molar-refractivity contribution in [1.29, 1.82) is 0 Å². The molecule has 1 saturated heterocycles. The molecule has 1 aromatic heterocycles. The number of amides is 2. The Morgan fingerprint density at radius 3 is 2.83 bits per heavy atom. The van der Waals surface area contributed by atoms with Crippen LogP contribution in [0.3, 0.4) is 0 Å². The Kier molecular flexibility index (Phi) is 5.15. The number of benzene rings is 1. The number of pyridine rings is 1. The molecule has 3 rings (SSSR count). The number of urea groups is 1. The number of para-hydroxylation sites is 2. The first-order valence-electron chi connectivity index (χ1n) is 8.14. The number of anilines is 2. The van der Waals surface area contributed by atoms with Crippen LogP contribution in [0.5, 0.6) is 5.75 Å². The Morgan fingerprint density at radius 1 is 1.25 bits per heavy atom. The average molecular weight is 326 g/mol. The van der Waals surface area contributed by atoms with Crippen LogP contribution in [0.2, 0.25) is 0 Å². The van der Waals surface area contributed by atoms with E-state index in [1.165, 1.54) is 12.8 Å². The summed E-state index contributed by atoms with van der Waals surface area (Å²) in [5.41, 5.74) is 1.67. The van der Waals surface area contributed by atoms with Gasteiger partial charge >= 0.3 is 6.03 Å². The summed E-state index contributed by atoms with van der Waals surface area (Å²) in [6, 6.07) is 11.0. The predicted molar refractivity (Wildman–Crippen MR) is 94.5 cm³/mol. The molecule has 0 radical (unpaired) electrons. The van der Waals surface area contributed by atoms with Crippen molar-refractivity contribution >= 4 is 17.5 Å². The Balaban J connectivity index is 1.57. The molecule has 24 heavy (non-hydrogen) atoms. The second kappa shape index (κ2) is 7.68. The molecule has 2 aromatic rings. The number of ether oxygens (including phenoxy) is 1. The third kappa shape index (κ3) is 3.95. The molecule has 0 atom stereocenters. The predicted octanol–water partition coefficient (Wildman–Crippen LogP) is 3.01. The van der Waals surface area contributed by atoms with Gasteiger partial charge in [-0.05, 0) is 42.7 Å². The minimum atomic E-state index is -0.265. The van der Waals surface area contributed by atoms with E-state index >= 15 is 0 Å². The third-order valence-electron chi connectivity index (χ3n) is 4.05. The highest BCUT2D eigenvalue weighted by molar-refractivity contribution is 5.90. The SMILES string of the molecule is COc1ccccc1NC(=O)NCc1ccnc(N2CCCC2)c1. The molecule has 1 aliphatic heterocycles. The van der Waals surface area contributed by atoms with Crippen LogP contribution in [0.15, 0.2) is 42.6 Å². The maximum absolute atomic E-state index is 12.1. The minimum Gasteiger partial charge on any atom is -0.495 e. The quantitative estimate of drug-likeness (QED) is 0.886. The molecule has 0 bridgehead atoms. The monoisotopic (exact) mass is 326 g/mol. The molecule has 6 heteroatoms. The van der Waals surface area contributed by atoms with Gasteiger partial charge in [0.15, 0.2) is 0 Å². The van der Waals surface area contributed by atoms with Crippen molar-refractivity contribution < 1.29 is 9.53 Å². The molecule has 126 valence electrons. The van der Waals surface area contributed by atoms with E-state index in [2.05, 4.69) is 20.5 Å². The van der Waals surface area contributed by atoms with E-state index in [1.54, 1.807) is 25.4 Å². The van der Waals surface area contributed by atoms with Crippen LogP contribution < -0.4 is 20.3 Å². The summed E-state index contributed by atoms with van der Waals surface area (Å²) in [4.78, 5) is 18.8. The van der Waals surface area contributed by atoms with Gasteiger partial charge in [0.05, 0.1) is 12.8 Å². The normalized spacial score (nSPS) is 13.6. The van der Waals surface area contributed by atoms with E-state index in [-0.39, 0.29) is 6.03 Å². The van der Waals surface area contributed by atoms with Crippen molar-refractivity contribution in [3.05, 3.63) is 48.2 Å². The van der Waals surface area contributed by atoms with Crippen molar-refractivity contribution in [2.45, 2.75) is 19.4 Å². The van der Waals surface area contributed by atoms with Gasteiger partial charge in [0, 0.05) is 25.8 Å². The van der Waals surface area contributed by atoms with Gasteiger partial charge in [0.1, 0.15) is 11.6 Å². The van der Waals surface area contributed by atoms with Crippen molar-refractivity contribution in [3.8, 4) is 5.75 Å². The zero-order valence-electron chi connectivity index (χ0n) is 13.8. The highest BCUT2D eigenvalue weighted by atomic mass is 16.5. The van der Waals surface area contributed by atoms with Gasteiger partial charge in [-0.25, -0.2) is 9.78 Å². The number of carbonyl (C=O) groups is 1. The molecule has 0 aliphatic carbocycles. The number of rotatable bonds is 5. The van der Waals surface area contributed by atoms with E-state index in [0.717, 1.165) is 24.5 Å². The topological polar surface area (TPSA) is 66.5 Å². The van der Waals surface area contributed by atoms with Gasteiger partial charge in [-0.2, -0.15) is 0 Å². The van der Waals surface area contributed by atoms with Crippen molar-refractivity contribution in [2.75, 3.05) is 30.4 Å². The molecule has 1 fully saturated rings. The van der Waals surface area contributed by atoms with Crippen LogP contribution >= 0.6 is 0 Å². The Hall–Kier alpha value is -2.76. The lowest BCUT2D eigenvalue weighted by Gasteiger charge is -2.17. The van der Waals surface area contributed by atoms with Crippen molar-refractivity contribution in [2.24, 2.45) is 0 Å². The molecule has 6 nitrogen and oxygen atoms in total. The van der Waals surface area contributed by atoms with Crippen LogP contribution in [0.4, 0.5) is 16.3 Å². The fraction of sp³-hybridized carbons (Fsp3) is 0.333. The second-order valence-corrected chi connectivity index (χ2v) is 5.72. The number of carbonyl (C=O) groups excluding carboxylic acids is 1. The number of hydrogen-bond donors (Lipinski definition) is 2. The number of nitrogens with one attached hydrogen (secondary N) is 2. The van der Waals surface area contributed by atoms with Gasteiger partial charge in [-0.1, -0.05) is 12.1 Å². The Labute approximate surface area is 141 Å². The fourth-order valence-corrected chi connectivity index (χ4v) is 2.79. The zero-order valence-corrected chi connectivity index (χ0v) is 13.8. The molecular formula is C18H22N4O2. The molecule has 2 N–H and O–H groups in total. The third-order valence-corrected chi connectivity index (χ3v) is 4.05. The Morgan fingerprint density at radius 2 is 2.04 bits per heavy atom.